The first-order chi connectivity index (χ1) is 31.5. The molecule has 2 aromatic heterocycles. The third-order valence-corrected chi connectivity index (χ3v) is 13.5. The lowest BCUT2D eigenvalue weighted by Gasteiger charge is -2.33. The van der Waals surface area contributed by atoms with Crippen molar-refractivity contribution in [2.45, 2.75) is 44.2 Å². The van der Waals surface area contributed by atoms with Crippen LogP contribution in [0.4, 0.5) is 0 Å². The molecule has 2 unspecified atom stereocenters. The van der Waals surface area contributed by atoms with E-state index in [0.717, 1.165) is 53.4 Å². The van der Waals surface area contributed by atoms with Gasteiger partial charge in [0, 0.05) is 46.4 Å². The number of nitrogens with zero attached hydrogens (tertiary/aromatic N) is 2. The van der Waals surface area contributed by atoms with E-state index < -0.39 is 29.5 Å². The van der Waals surface area contributed by atoms with Gasteiger partial charge in [0.15, 0.2) is 0 Å². The van der Waals surface area contributed by atoms with Gasteiger partial charge in [-0.15, -0.1) is 11.3 Å². The summed E-state index contributed by atoms with van der Waals surface area (Å²) in [4.78, 5) is 60.9. The number of likely N-dealkylation sites (tertiary alicyclic amines) is 1. The van der Waals surface area contributed by atoms with Crippen LogP contribution >= 0.6 is 11.3 Å². The molecule has 5 N–H and O–H groups in total. The molecule has 330 valence electrons. The summed E-state index contributed by atoms with van der Waals surface area (Å²) in [5.41, 5.74) is 2.50. The summed E-state index contributed by atoms with van der Waals surface area (Å²) in [6.45, 7) is 3.41. The second-order valence-electron chi connectivity index (χ2n) is 16.7. The molecule has 0 bridgehead atoms. The van der Waals surface area contributed by atoms with Gasteiger partial charge < -0.3 is 30.4 Å². The number of carbonyl (C=O) groups excluding carboxylic acids is 3. The van der Waals surface area contributed by atoms with E-state index in [2.05, 4.69) is 39.5 Å². The molecule has 7 aromatic rings. The quantitative estimate of drug-likeness (QED) is 0.0521. The number of aliphatic hydroxyl groups excluding tert-OH is 1. The van der Waals surface area contributed by atoms with E-state index in [-0.39, 0.29) is 42.4 Å². The highest BCUT2D eigenvalue weighted by Crippen LogP contribution is 2.37. The predicted octanol–water partition coefficient (Wildman–Crippen LogP) is 7.27. The van der Waals surface area contributed by atoms with Crippen molar-refractivity contribution in [1.82, 2.24) is 20.1 Å². The molecular formula is C52H48N4O8S. The number of imide groups is 1. The number of hydrogen-bond acceptors (Lipinski definition) is 11. The number of aliphatic hydroxyl groups is 2. The average molecular weight is 889 g/mol. The highest BCUT2D eigenvalue weighted by molar-refractivity contribution is 7.15. The number of rotatable bonds is 15. The Labute approximate surface area is 379 Å². The first-order valence-corrected chi connectivity index (χ1v) is 22.5. The van der Waals surface area contributed by atoms with Crippen LogP contribution in [0.2, 0.25) is 0 Å². The number of phenols is 1. The van der Waals surface area contributed by atoms with E-state index in [0.29, 0.717) is 39.7 Å². The number of carbonyl (C=O) groups is 3. The van der Waals surface area contributed by atoms with E-state index in [9.17, 15) is 34.5 Å². The molecular weight excluding hydrogens is 841 g/mol. The van der Waals surface area contributed by atoms with Crippen molar-refractivity contribution in [2.75, 3.05) is 26.2 Å². The molecule has 1 saturated heterocycles. The van der Waals surface area contributed by atoms with Crippen molar-refractivity contribution in [2.24, 2.45) is 5.92 Å². The molecule has 2 aliphatic rings. The molecule has 0 aliphatic carbocycles. The van der Waals surface area contributed by atoms with Crippen LogP contribution in [0.3, 0.4) is 0 Å². The van der Waals surface area contributed by atoms with Crippen LogP contribution in [-0.4, -0.2) is 74.1 Å². The molecule has 13 heteroatoms. The van der Waals surface area contributed by atoms with Crippen molar-refractivity contribution in [3.05, 3.63) is 194 Å². The SMILES string of the molecule is O=C1c2ccc(CNCC(O)c3ccc(O)c4[nH]c(=O)ccc34)cc2C(=O)N1Cc1ccc(-c2cccc(C(O)(C(=O)OCC3CCN(Cc4ccccc4)CC3)c3ccccc3)c2)s1. The smallest absolute Gasteiger partial charge is 0.347 e. The molecule has 5 aromatic carbocycles. The molecule has 4 heterocycles. The van der Waals surface area contributed by atoms with Crippen molar-refractivity contribution in [1.29, 1.82) is 0 Å². The minimum Gasteiger partial charge on any atom is -0.506 e. The van der Waals surface area contributed by atoms with Crippen LogP contribution in [0.15, 0.2) is 144 Å². The summed E-state index contributed by atoms with van der Waals surface area (Å²) in [6, 6.07) is 41.2. The largest absolute Gasteiger partial charge is 0.506 e. The summed E-state index contributed by atoms with van der Waals surface area (Å²) in [7, 11) is 0. The number of aromatic amines is 1. The van der Waals surface area contributed by atoms with E-state index in [1.807, 2.05) is 30.3 Å². The van der Waals surface area contributed by atoms with Crippen molar-refractivity contribution < 1.29 is 34.4 Å². The number of hydrogen-bond donors (Lipinski definition) is 5. The second kappa shape index (κ2) is 18.8. The fourth-order valence-corrected chi connectivity index (χ4v) is 9.80. The minimum absolute atomic E-state index is 0.0633. The number of pyridine rings is 1. The Balaban J connectivity index is 0.838. The van der Waals surface area contributed by atoms with Crippen LogP contribution in [0, 0.1) is 5.92 Å². The number of piperidine rings is 1. The van der Waals surface area contributed by atoms with Gasteiger partial charge in [-0.2, -0.15) is 0 Å². The average Bonchev–Trinajstić information content (AvgIpc) is 3.90. The minimum atomic E-state index is -2.07. The third-order valence-electron chi connectivity index (χ3n) is 12.4. The second-order valence-corrected chi connectivity index (χ2v) is 17.9. The normalized spacial score (nSPS) is 15.8. The van der Waals surface area contributed by atoms with Crippen molar-refractivity contribution in [3.8, 4) is 16.2 Å². The van der Waals surface area contributed by atoms with Crippen LogP contribution in [-0.2, 0) is 34.8 Å². The number of ether oxygens (including phenoxy) is 1. The Kier molecular flexibility index (Phi) is 12.6. The molecule has 9 rings (SSSR count). The zero-order valence-corrected chi connectivity index (χ0v) is 36.3. The molecule has 2 aliphatic heterocycles. The van der Waals surface area contributed by atoms with Crippen LogP contribution < -0.4 is 10.9 Å². The van der Waals surface area contributed by atoms with Crippen LogP contribution in [0.25, 0.3) is 21.3 Å². The summed E-state index contributed by atoms with van der Waals surface area (Å²) in [5.74, 6) is -1.44. The zero-order chi connectivity index (χ0) is 45.1. The van der Waals surface area contributed by atoms with Gasteiger partial charge in [0.05, 0.1) is 35.9 Å². The highest BCUT2D eigenvalue weighted by Gasteiger charge is 2.42. The lowest BCUT2D eigenvalue weighted by molar-refractivity contribution is -0.164. The Hall–Kier alpha value is -6.74. The summed E-state index contributed by atoms with van der Waals surface area (Å²) in [5, 5.41) is 37.3. The monoisotopic (exact) mass is 888 g/mol. The number of nitrogens with one attached hydrogen (secondary N) is 2. The number of amides is 2. The van der Waals surface area contributed by atoms with Gasteiger partial charge in [-0.25, -0.2) is 4.79 Å². The van der Waals surface area contributed by atoms with Gasteiger partial charge in [-0.05, 0) is 102 Å². The number of aromatic nitrogens is 1. The number of benzene rings is 5. The van der Waals surface area contributed by atoms with Gasteiger partial charge in [-0.1, -0.05) is 91.0 Å². The number of phenolic OH excluding ortho intramolecular Hbond substituents is 1. The number of fused-ring (bicyclic) bond motifs is 2. The number of H-pyrrole nitrogens is 1. The van der Waals surface area contributed by atoms with Gasteiger partial charge >= 0.3 is 5.97 Å². The molecule has 65 heavy (non-hydrogen) atoms. The van der Waals surface area contributed by atoms with Crippen LogP contribution in [0.1, 0.15) is 72.4 Å². The zero-order valence-electron chi connectivity index (χ0n) is 35.5. The van der Waals surface area contributed by atoms with E-state index in [4.69, 9.17) is 4.74 Å². The van der Waals surface area contributed by atoms with Gasteiger partial charge in [0.1, 0.15) is 5.75 Å². The summed E-state index contributed by atoms with van der Waals surface area (Å²) < 4.78 is 5.95. The molecule has 2 atom stereocenters. The number of esters is 1. The molecule has 0 spiro atoms. The number of aromatic hydroxyl groups is 1. The molecule has 1 fully saturated rings. The standard InChI is InChI=1S/C52H48N4O8S/c57-44-19-17-40(41-18-21-47(59)54-48(41)44)45(58)29-53-28-35-14-16-42-43(26-35)50(61)56(49(42)60)31-39-15-20-46(65-39)36-10-7-13-38(27-36)52(63,37-11-5-2-6-12-37)51(62)64-32-34-22-24-55(25-23-34)30-33-8-3-1-4-9-33/h1-21,26-27,34,45,53,57-58,63H,22-25,28-32H2,(H,54,59). The lowest BCUT2D eigenvalue weighted by atomic mass is 9.85. The third kappa shape index (κ3) is 9.15. The van der Waals surface area contributed by atoms with Gasteiger partial charge in [-0.3, -0.25) is 24.2 Å². The summed E-state index contributed by atoms with van der Waals surface area (Å²) in [6.07, 6.45) is 0.815. The molecule has 2 amide bonds. The predicted molar refractivity (Wildman–Crippen MR) is 248 cm³/mol. The van der Waals surface area contributed by atoms with E-state index >= 15 is 0 Å². The Morgan fingerprint density at radius 3 is 2.31 bits per heavy atom. The Morgan fingerprint density at radius 1 is 0.785 bits per heavy atom. The number of thiophene rings is 1. The van der Waals surface area contributed by atoms with Gasteiger partial charge in [0.2, 0.25) is 11.2 Å². The topological polar surface area (TPSA) is 172 Å². The fourth-order valence-electron chi connectivity index (χ4n) is 8.81. The summed E-state index contributed by atoms with van der Waals surface area (Å²) >= 11 is 1.41. The van der Waals surface area contributed by atoms with E-state index in [1.165, 1.54) is 33.9 Å². The Morgan fingerprint density at radius 2 is 1.52 bits per heavy atom. The highest BCUT2D eigenvalue weighted by atomic mass is 32.1. The molecule has 12 nitrogen and oxygen atoms in total. The molecule has 0 saturated carbocycles. The fraction of sp³-hybridized carbons (Fsp3) is 0.231. The lowest BCUT2D eigenvalue weighted by Crippen LogP contribution is -2.40. The first kappa shape index (κ1) is 43.5. The molecule has 0 radical (unpaired) electrons. The van der Waals surface area contributed by atoms with Crippen molar-refractivity contribution >= 4 is 40.0 Å². The maximum Gasteiger partial charge on any atom is 0.347 e. The van der Waals surface area contributed by atoms with Gasteiger partial charge in [0.25, 0.3) is 11.8 Å². The van der Waals surface area contributed by atoms with Crippen molar-refractivity contribution in [3.63, 3.8) is 0 Å². The first-order valence-electron chi connectivity index (χ1n) is 21.7. The maximum absolute atomic E-state index is 14.0. The maximum atomic E-state index is 14.0. The van der Waals surface area contributed by atoms with E-state index in [1.54, 1.807) is 72.8 Å². The Bertz CT molecular complexity index is 2930. The van der Waals surface area contributed by atoms with Crippen LogP contribution in [0.5, 0.6) is 5.75 Å².